The lowest BCUT2D eigenvalue weighted by Crippen LogP contribution is -2.29. The van der Waals surface area contributed by atoms with Crippen molar-refractivity contribution < 1.29 is 0 Å². The monoisotopic (exact) mass is 227 g/mol. The van der Waals surface area contributed by atoms with Gasteiger partial charge in [0.15, 0.2) is 0 Å². The van der Waals surface area contributed by atoms with Crippen LogP contribution in [0.15, 0.2) is 42.6 Å². The molecule has 0 saturated heterocycles. The second kappa shape index (κ2) is 5.08. The fraction of sp³-hybridized carbons (Fsp3) is 0.214. The van der Waals surface area contributed by atoms with Gasteiger partial charge in [-0.25, -0.2) is 5.43 Å². The van der Waals surface area contributed by atoms with Crippen LogP contribution in [-0.4, -0.2) is 4.98 Å². The second-order valence-corrected chi connectivity index (χ2v) is 4.27. The van der Waals surface area contributed by atoms with Gasteiger partial charge in [-0.2, -0.15) is 0 Å². The number of rotatable bonds is 3. The molecular formula is C14H17N3. The van der Waals surface area contributed by atoms with Gasteiger partial charge in [0.2, 0.25) is 0 Å². The van der Waals surface area contributed by atoms with E-state index in [1.165, 1.54) is 11.1 Å². The molecule has 0 spiro atoms. The average Bonchev–Trinajstić information content (AvgIpc) is 2.30. The Morgan fingerprint density at radius 2 is 1.88 bits per heavy atom. The molecule has 0 amide bonds. The number of hydrazine groups is 1. The predicted molar refractivity (Wildman–Crippen MR) is 69.3 cm³/mol. The molecule has 0 bridgehead atoms. The van der Waals surface area contributed by atoms with Crippen molar-refractivity contribution >= 4 is 0 Å². The summed E-state index contributed by atoms with van der Waals surface area (Å²) in [6.07, 6.45) is 1.81. The van der Waals surface area contributed by atoms with Crippen LogP contribution in [0.5, 0.6) is 0 Å². The topological polar surface area (TPSA) is 50.9 Å². The van der Waals surface area contributed by atoms with E-state index in [1.54, 1.807) is 0 Å². The molecular weight excluding hydrogens is 210 g/mol. The third-order valence-electron chi connectivity index (χ3n) is 2.77. The Morgan fingerprint density at radius 1 is 1.12 bits per heavy atom. The van der Waals surface area contributed by atoms with Crippen molar-refractivity contribution in [2.45, 2.75) is 19.9 Å². The molecule has 1 aromatic carbocycles. The van der Waals surface area contributed by atoms with Crippen molar-refractivity contribution in [2.24, 2.45) is 5.84 Å². The third-order valence-corrected chi connectivity index (χ3v) is 2.77. The standard InChI is InChI=1S/C14H17N3/c1-10-4-3-5-12(8-10)14(17-15)13-9-11(2)6-7-16-13/h3-9,14,17H,15H2,1-2H3. The van der Waals surface area contributed by atoms with Gasteiger partial charge < -0.3 is 0 Å². The maximum atomic E-state index is 5.65. The molecule has 0 aliphatic carbocycles. The summed E-state index contributed by atoms with van der Waals surface area (Å²) in [4.78, 5) is 4.37. The van der Waals surface area contributed by atoms with Gasteiger partial charge in [-0.3, -0.25) is 10.8 Å². The summed E-state index contributed by atoms with van der Waals surface area (Å²) in [6.45, 7) is 4.12. The number of hydrogen-bond acceptors (Lipinski definition) is 3. The molecule has 2 aromatic rings. The molecule has 1 heterocycles. The van der Waals surface area contributed by atoms with Crippen LogP contribution in [0.4, 0.5) is 0 Å². The Labute approximate surface area is 102 Å². The first-order valence-corrected chi connectivity index (χ1v) is 5.66. The smallest absolute Gasteiger partial charge is 0.0881 e. The van der Waals surface area contributed by atoms with Gasteiger partial charge in [-0.1, -0.05) is 29.8 Å². The van der Waals surface area contributed by atoms with Crippen LogP contribution in [0.1, 0.15) is 28.4 Å². The number of nitrogens with one attached hydrogen (secondary N) is 1. The van der Waals surface area contributed by atoms with Crippen LogP contribution in [0.25, 0.3) is 0 Å². The summed E-state index contributed by atoms with van der Waals surface area (Å²) in [7, 11) is 0. The Balaban J connectivity index is 2.40. The maximum absolute atomic E-state index is 5.65. The van der Waals surface area contributed by atoms with Crippen molar-refractivity contribution in [3.8, 4) is 0 Å². The number of nitrogens with two attached hydrogens (primary N) is 1. The first kappa shape index (κ1) is 11.8. The minimum absolute atomic E-state index is 0.0604. The highest BCUT2D eigenvalue weighted by Gasteiger charge is 2.13. The van der Waals surface area contributed by atoms with Gasteiger partial charge >= 0.3 is 0 Å². The van der Waals surface area contributed by atoms with Crippen LogP contribution >= 0.6 is 0 Å². The van der Waals surface area contributed by atoms with Gasteiger partial charge in [0.05, 0.1) is 11.7 Å². The van der Waals surface area contributed by atoms with E-state index in [1.807, 2.05) is 24.4 Å². The Hall–Kier alpha value is -1.71. The molecule has 17 heavy (non-hydrogen) atoms. The molecule has 2 rings (SSSR count). The van der Waals surface area contributed by atoms with Crippen LogP contribution < -0.4 is 11.3 Å². The largest absolute Gasteiger partial charge is 0.271 e. The molecule has 0 aliphatic heterocycles. The quantitative estimate of drug-likeness (QED) is 0.624. The lowest BCUT2D eigenvalue weighted by Gasteiger charge is -2.16. The van der Waals surface area contributed by atoms with E-state index >= 15 is 0 Å². The molecule has 1 aromatic heterocycles. The summed E-state index contributed by atoms with van der Waals surface area (Å²) in [5.41, 5.74) is 7.30. The Kier molecular flexibility index (Phi) is 3.52. The zero-order valence-corrected chi connectivity index (χ0v) is 10.1. The van der Waals surface area contributed by atoms with Gasteiger partial charge in [0, 0.05) is 6.20 Å². The highest BCUT2D eigenvalue weighted by atomic mass is 15.2. The number of aryl methyl sites for hydroxylation is 2. The molecule has 3 nitrogen and oxygen atoms in total. The van der Waals surface area contributed by atoms with Crippen LogP contribution in [0.3, 0.4) is 0 Å². The van der Waals surface area contributed by atoms with Crippen LogP contribution in [0.2, 0.25) is 0 Å². The molecule has 1 atom stereocenters. The lowest BCUT2D eigenvalue weighted by atomic mass is 10.0. The number of nitrogens with zero attached hydrogens (tertiary/aromatic N) is 1. The van der Waals surface area contributed by atoms with E-state index in [-0.39, 0.29) is 6.04 Å². The van der Waals surface area contributed by atoms with Gasteiger partial charge in [-0.15, -0.1) is 0 Å². The van der Waals surface area contributed by atoms with Crippen molar-refractivity contribution in [1.29, 1.82) is 0 Å². The van der Waals surface area contributed by atoms with Crippen LogP contribution in [-0.2, 0) is 0 Å². The average molecular weight is 227 g/mol. The fourth-order valence-electron chi connectivity index (χ4n) is 1.92. The van der Waals surface area contributed by atoms with Crippen molar-refractivity contribution in [1.82, 2.24) is 10.4 Å². The molecule has 88 valence electrons. The number of benzene rings is 1. The SMILES string of the molecule is Cc1cccc(C(NN)c2cc(C)ccn2)c1. The summed E-state index contributed by atoms with van der Waals surface area (Å²) in [5.74, 6) is 5.65. The number of aromatic nitrogens is 1. The van der Waals surface area contributed by atoms with E-state index < -0.39 is 0 Å². The zero-order valence-electron chi connectivity index (χ0n) is 10.1. The first-order valence-electron chi connectivity index (χ1n) is 5.66. The fourth-order valence-corrected chi connectivity index (χ4v) is 1.92. The van der Waals surface area contributed by atoms with Crippen molar-refractivity contribution in [2.75, 3.05) is 0 Å². The Morgan fingerprint density at radius 3 is 2.53 bits per heavy atom. The molecule has 0 fully saturated rings. The van der Waals surface area contributed by atoms with E-state index in [0.717, 1.165) is 11.3 Å². The lowest BCUT2D eigenvalue weighted by molar-refractivity contribution is 0.620. The molecule has 3 N–H and O–H groups in total. The molecule has 0 aliphatic rings. The minimum Gasteiger partial charge on any atom is -0.271 e. The van der Waals surface area contributed by atoms with E-state index in [2.05, 4.69) is 42.5 Å². The highest BCUT2D eigenvalue weighted by Crippen LogP contribution is 2.20. The normalized spacial score (nSPS) is 12.4. The van der Waals surface area contributed by atoms with Crippen LogP contribution in [0, 0.1) is 13.8 Å². The molecule has 1 unspecified atom stereocenters. The summed E-state index contributed by atoms with van der Waals surface area (Å²) < 4.78 is 0. The molecule has 3 heteroatoms. The maximum Gasteiger partial charge on any atom is 0.0881 e. The van der Waals surface area contributed by atoms with E-state index in [9.17, 15) is 0 Å². The van der Waals surface area contributed by atoms with Crippen molar-refractivity contribution in [3.05, 3.63) is 65.0 Å². The molecule has 0 radical (unpaired) electrons. The second-order valence-electron chi connectivity index (χ2n) is 4.27. The van der Waals surface area contributed by atoms with Crippen molar-refractivity contribution in [3.63, 3.8) is 0 Å². The highest BCUT2D eigenvalue weighted by molar-refractivity contribution is 5.31. The first-order chi connectivity index (χ1) is 8.20. The van der Waals surface area contributed by atoms with Gasteiger partial charge in [-0.05, 0) is 37.1 Å². The molecule has 0 saturated carbocycles. The van der Waals surface area contributed by atoms with Gasteiger partial charge in [0.1, 0.15) is 0 Å². The number of pyridine rings is 1. The number of hydrogen-bond donors (Lipinski definition) is 2. The van der Waals surface area contributed by atoms with Gasteiger partial charge in [0.25, 0.3) is 0 Å². The Bertz CT molecular complexity index is 463. The summed E-state index contributed by atoms with van der Waals surface area (Å²) in [5, 5.41) is 0. The minimum atomic E-state index is -0.0604. The summed E-state index contributed by atoms with van der Waals surface area (Å²) in [6, 6.07) is 12.2. The van der Waals surface area contributed by atoms with E-state index in [4.69, 9.17) is 5.84 Å². The summed E-state index contributed by atoms with van der Waals surface area (Å²) >= 11 is 0. The zero-order chi connectivity index (χ0) is 12.3. The van der Waals surface area contributed by atoms with E-state index in [0.29, 0.717) is 0 Å². The third kappa shape index (κ3) is 2.70. The predicted octanol–water partition coefficient (Wildman–Crippen LogP) is 2.25.